The highest BCUT2D eigenvalue weighted by Gasteiger charge is 2.68. The van der Waals surface area contributed by atoms with Gasteiger partial charge in [0, 0.05) is 16.5 Å². The van der Waals surface area contributed by atoms with Crippen molar-refractivity contribution >= 4 is 46.6 Å². The maximum atomic E-state index is 14.5. The third-order valence-electron chi connectivity index (χ3n) is 10.2. The number of benzene rings is 3. The van der Waals surface area contributed by atoms with Gasteiger partial charge in [-0.05, 0) is 74.1 Å². The van der Waals surface area contributed by atoms with Gasteiger partial charge in [-0.15, -0.1) is 6.58 Å². The van der Waals surface area contributed by atoms with E-state index in [1.165, 1.54) is 9.80 Å². The maximum absolute atomic E-state index is 14.5. The number of aromatic hydroxyl groups is 1. The number of anilines is 2. The third kappa shape index (κ3) is 3.88. The van der Waals surface area contributed by atoms with E-state index in [2.05, 4.69) is 6.58 Å². The predicted octanol–water partition coefficient (Wildman–Crippen LogP) is 6.21. The zero-order valence-electron chi connectivity index (χ0n) is 24.2. The minimum absolute atomic E-state index is 0.0519. The monoisotopic (exact) mass is 606 g/mol. The van der Waals surface area contributed by atoms with Gasteiger partial charge in [0.05, 0.1) is 34.5 Å². The zero-order valence-corrected chi connectivity index (χ0v) is 24.9. The number of halogens is 1. The Kier molecular flexibility index (Phi) is 6.63. The molecule has 2 aliphatic heterocycles. The summed E-state index contributed by atoms with van der Waals surface area (Å²) in [6, 6.07) is 20.9. The van der Waals surface area contributed by atoms with Crippen molar-refractivity contribution in [3.8, 4) is 5.75 Å². The number of rotatable bonds is 5. The van der Waals surface area contributed by atoms with E-state index >= 15 is 0 Å². The molecule has 0 spiro atoms. The van der Waals surface area contributed by atoms with Crippen LogP contribution in [-0.4, -0.2) is 28.7 Å². The van der Waals surface area contributed by atoms with Crippen LogP contribution in [-0.2, 0) is 25.6 Å². The number of para-hydroxylation sites is 2. The molecule has 44 heavy (non-hydrogen) atoms. The number of fused-ring (bicyclic) bond motifs is 4. The van der Waals surface area contributed by atoms with Crippen molar-refractivity contribution < 1.29 is 24.3 Å². The van der Waals surface area contributed by atoms with Crippen molar-refractivity contribution in [2.75, 3.05) is 9.80 Å². The van der Waals surface area contributed by atoms with E-state index in [1.54, 1.807) is 60.7 Å². The molecule has 1 saturated carbocycles. The molecule has 1 N–H and O–H groups in total. The molecule has 4 aliphatic rings. The summed E-state index contributed by atoms with van der Waals surface area (Å²) in [6.45, 7) is 5.63. The van der Waals surface area contributed by atoms with Gasteiger partial charge < -0.3 is 5.11 Å². The van der Waals surface area contributed by atoms with Crippen LogP contribution >= 0.6 is 11.6 Å². The number of allylic oxidation sites excluding steroid dienone is 3. The molecule has 222 valence electrons. The van der Waals surface area contributed by atoms with Gasteiger partial charge in [0.1, 0.15) is 5.75 Å². The van der Waals surface area contributed by atoms with Crippen LogP contribution in [0.4, 0.5) is 11.4 Å². The van der Waals surface area contributed by atoms with Gasteiger partial charge in [0.2, 0.25) is 23.6 Å². The molecule has 0 unspecified atom stereocenters. The number of imide groups is 2. The maximum Gasteiger partial charge on any atom is 0.241 e. The molecular weight excluding hydrogens is 576 g/mol. The van der Waals surface area contributed by atoms with Crippen molar-refractivity contribution in [1.82, 2.24) is 0 Å². The fraction of sp³-hybridized carbons (Fsp3) is 0.278. The number of phenols is 1. The Labute approximate surface area is 260 Å². The molecule has 8 heteroatoms. The van der Waals surface area contributed by atoms with Crippen molar-refractivity contribution in [1.29, 1.82) is 0 Å². The first-order valence-electron chi connectivity index (χ1n) is 14.9. The molecule has 3 aromatic carbocycles. The average Bonchev–Trinajstić information content (AvgIpc) is 3.39. The van der Waals surface area contributed by atoms with Gasteiger partial charge in [0.15, 0.2) is 0 Å². The number of hydrogen-bond acceptors (Lipinski definition) is 5. The molecule has 2 aliphatic carbocycles. The summed E-state index contributed by atoms with van der Waals surface area (Å²) in [6.07, 6.45) is 4.67. The Balaban J connectivity index is 1.39. The van der Waals surface area contributed by atoms with Crippen LogP contribution in [0.15, 0.2) is 97.1 Å². The van der Waals surface area contributed by atoms with E-state index in [4.69, 9.17) is 11.6 Å². The Morgan fingerprint density at radius 1 is 0.886 bits per heavy atom. The van der Waals surface area contributed by atoms with Crippen molar-refractivity contribution in [3.63, 3.8) is 0 Å². The normalized spacial score (nSPS) is 29.3. The SMILES string of the molecule is C=CCc1cccc([C@H]2C3=CC[C@@H]4C(=O)N(c5ccc(Cl)cc5)C(=O)[C@@H]4[C@@H]3C[C@H]3C(=O)N(c4ccccc4)C(=O)[C@@]23C)c1O. The number of carbonyl (C=O) groups excluding carboxylic acids is 4. The lowest BCUT2D eigenvalue weighted by atomic mass is 9.51. The first-order valence-corrected chi connectivity index (χ1v) is 15.2. The molecule has 0 bridgehead atoms. The standard InChI is InChI=1S/C36H31ClN2O5/c1-3-8-20-9-7-12-26(31(20)40)30-24-17-18-25-29(34(43)38(32(25)41)23-15-13-21(37)14-16-23)27(24)19-28-33(42)39(35(44)36(28,30)2)22-10-5-4-6-11-22/h3-7,9-17,25,27-30,40H,1,8,18-19H2,2H3/t25-,27+,28-,29-,30+,36+/m0/s1. The second-order valence-electron chi connectivity index (χ2n) is 12.3. The second-order valence-corrected chi connectivity index (χ2v) is 12.8. The van der Waals surface area contributed by atoms with E-state index in [9.17, 15) is 24.3 Å². The summed E-state index contributed by atoms with van der Waals surface area (Å²) < 4.78 is 0. The average molecular weight is 607 g/mol. The number of nitrogens with zero attached hydrogens (tertiary/aromatic N) is 2. The number of carbonyl (C=O) groups is 4. The molecule has 7 nitrogen and oxygen atoms in total. The van der Waals surface area contributed by atoms with Crippen LogP contribution in [0.3, 0.4) is 0 Å². The molecule has 4 amide bonds. The molecule has 3 fully saturated rings. The highest BCUT2D eigenvalue weighted by atomic mass is 35.5. The summed E-state index contributed by atoms with van der Waals surface area (Å²) in [5, 5.41) is 12.1. The first-order chi connectivity index (χ1) is 21.2. The topological polar surface area (TPSA) is 95.0 Å². The van der Waals surface area contributed by atoms with Crippen molar-refractivity contribution in [3.05, 3.63) is 113 Å². The Morgan fingerprint density at radius 2 is 1.59 bits per heavy atom. The van der Waals surface area contributed by atoms with E-state index in [-0.39, 0.29) is 35.8 Å². The summed E-state index contributed by atoms with van der Waals surface area (Å²) in [4.78, 5) is 59.2. The highest BCUT2D eigenvalue weighted by Crippen LogP contribution is 2.64. The fourth-order valence-corrected chi connectivity index (χ4v) is 8.32. The van der Waals surface area contributed by atoms with Crippen LogP contribution in [0, 0.1) is 29.1 Å². The quantitative estimate of drug-likeness (QED) is 0.275. The van der Waals surface area contributed by atoms with E-state index in [1.807, 2.05) is 31.2 Å². The fourth-order valence-electron chi connectivity index (χ4n) is 8.19. The van der Waals surface area contributed by atoms with Crippen LogP contribution in [0.25, 0.3) is 0 Å². The van der Waals surface area contributed by atoms with Crippen molar-refractivity contribution in [2.45, 2.75) is 32.1 Å². The lowest BCUT2D eigenvalue weighted by Crippen LogP contribution is -2.49. The van der Waals surface area contributed by atoms with Gasteiger partial charge in [-0.2, -0.15) is 0 Å². The second kappa shape index (κ2) is 10.3. The number of amides is 4. The van der Waals surface area contributed by atoms with Crippen LogP contribution in [0.2, 0.25) is 5.02 Å². The smallest absolute Gasteiger partial charge is 0.241 e. The predicted molar refractivity (Wildman–Crippen MR) is 167 cm³/mol. The number of hydrogen-bond donors (Lipinski definition) is 1. The third-order valence-corrected chi connectivity index (χ3v) is 10.5. The van der Waals surface area contributed by atoms with E-state index in [0.29, 0.717) is 40.4 Å². The lowest BCUT2D eigenvalue weighted by molar-refractivity contribution is -0.131. The van der Waals surface area contributed by atoms with Crippen molar-refractivity contribution in [2.24, 2.45) is 29.1 Å². The van der Waals surface area contributed by atoms with E-state index < -0.39 is 35.0 Å². The van der Waals surface area contributed by atoms with Crippen LogP contribution < -0.4 is 9.80 Å². The highest BCUT2D eigenvalue weighted by molar-refractivity contribution is 6.31. The molecule has 6 atom stereocenters. The Morgan fingerprint density at radius 3 is 2.30 bits per heavy atom. The van der Waals surface area contributed by atoms with Gasteiger partial charge >= 0.3 is 0 Å². The summed E-state index contributed by atoms with van der Waals surface area (Å²) in [5.41, 5.74) is 1.73. The van der Waals surface area contributed by atoms with Gasteiger partial charge in [-0.1, -0.05) is 65.7 Å². The minimum Gasteiger partial charge on any atom is -0.507 e. The van der Waals surface area contributed by atoms with E-state index in [0.717, 1.165) is 5.57 Å². The largest absolute Gasteiger partial charge is 0.507 e. The Bertz CT molecular complexity index is 1770. The van der Waals surface area contributed by atoms with Crippen LogP contribution in [0.1, 0.15) is 36.8 Å². The summed E-state index contributed by atoms with van der Waals surface area (Å²) in [7, 11) is 0. The van der Waals surface area contributed by atoms with Crippen LogP contribution in [0.5, 0.6) is 5.75 Å². The molecular formula is C36H31ClN2O5. The molecule has 0 radical (unpaired) electrons. The first kappa shape index (κ1) is 28.3. The van der Waals surface area contributed by atoms with Gasteiger partial charge in [-0.3, -0.25) is 24.1 Å². The molecule has 2 saturated heterocycles. The van der Waals surface area contributed by atoms with Gasteiger partial charge in [0.25, 0.3) is 0 Å². The zero-order chi connectivity index (χ0) is 30.9. The summed E-state index contributed by atoms with van der Waals surface area (Å²) >= 11 is 6.08. The molecule has 2 heterocycles. The minimum atomic E-state index is -1.23. The molecule has 0 aromatic heterocycles. The lowest BCUT2D eigenvalue weighted by Gasteiger charge is -2.49. The van der Waals surface area contributed by atoms with Gasteiger partial charge in [-0.25, -0.2) is 4.90 Å². The Hall–Kier alpha value is -4.49. The summed E-state index contributed by atoms with van der Waals surface area (Å²) in [5.74, 6) is -4.42. The molecule has 7 rings (SSSR count). The molecule has 3 aromatic rings. The number of phenolic OH excluding ortho intramolecular Hbond substituents is 1.